The fourth-order valence-electron chi connectivity index (χ4n) is 1.91. The van der Waals surface area contributed by atoms with Gasteiger partial charge in [-0.05, 0) is 30.9 Å². The van der Waals surface area contributed by atoms with Crippen LogP contribution in [0, 0.1) is 6.92 Å². The summed E-state index contributed by atoms with van der Waals surface area (Å²) in [6.07, 6.45) is 1.53. The lowest BCUT2D eigenvalue weighted by molar-refractivity contribution is 0.0775. The first-order chi connectivity index (χ1) is 9.04. The van der Waals surface area contributed by atoms with Crippen molar-refractivity contribution in [2.24, 2.45) is 0 Å². The van der Waals surface area contributed by atoms with Crippen molar-refractivity contribution in [1.82, 2.24) is 14.7 Å². The van der Waals surface area contributed by atoms with E-state index in [-0.39, 0.29) is 5.91 Å². The Labute approximate surface area is 116 Å². The van der Waals surface area contributed by atoms with Crippen molar-refractivity contribution in [2.75, 3.05) is 12.8 Å². The van der Waals surface area contributed by atoms with E-state index in [9.17, 15) is 4.79 Å². The lowest BCUT2D eigenvalue weighted by Crippen LogP contribution is -2.29. The standard InChI is InChI=1S/C13H18N4OS/c1-4-17-12(10(14)7-15-17)13(18)16(3)8-11-9(2)5-6-19-11/h5-7H,4,8,14H2,1-3H3. The highest BCUT2D eigenvalue weighted by atomic mass is 32.1. The van der Waals surface area contributed by atoms with E-state index in [1.54, 1.807) is 28.0 Å². The third-order valence-electron chi connectivity index (χ3n) is 3.07. The molecule has 0 saturated heterocycles. The summed E-state index contributed by atoms with van der Waals surface area (Å²) >= 11 is 1.66. The molecule has 0 unspecified atom stereocenters. The first kappa shape index (κ1) is 13.6. The molecule has 0 fully saturated rings. The molecule has 19 heavy (non-hydrogen) atoms. The number of aryl methyl sites for hydroxylation is 2. The summed E-state index contributed by atoms with van der Waals surface area (Å²) in [5.74, 6) is -0.0929. The maximum Gasteiger partial charge on any atom is 0.274 e. The van der Waals surface area contributed by atoms with E-state index in [1.165, 1.54) is 16.6 Å². The summed E-state index contributed by atoms with van der Waals surface area (Å²) in [6, 6.07) is 2.06. The smallest absolute Gasteiger partial charge is 0.274 e. The number of hydrogen-bond donors (Lipinski definition) is 1. The molecule has 0 spiro atoms. The second-order valence-electron chi connectivity index (χ2n) is 4.45. The fraction of sp³-hybridized carbons (Fsp3) is 0.385. The molecule has 5 nitrogen and oxygen atoms in total. The summed E-state index contributed by atoms with van der Waals surface area (Å²) in [6.45, 7) is 5.21. The van der Waals surface area contributed by atoms with E-state index in [2.05, 4.69) is 18.1 Å². The first-order valence-electron chi connectivity index (χ1n) is 6.14. The van der Waals surface area contributed by atoms with E-state index in [0.29, 0.717) is 24.5 Å². The average Bonchev–Trinajstić information content (AvgIpc) is 2.95. The predicted molar refractivity (Wildman–Crippen MR) is 77.2 cm³/mol. The van der Waals surface area contributed by atoms with Crippen LogP contribution in [0.4, 0.5) is 5.69 Å². The number of carbonyl (C=O) groups is 1. The maximum atomic E-state index is 12.4. The van der Waals surface area contributed by atoms with Gasteiger partial charge in [0.15, 0.2) is 0 Å². The summed E-state index contributed by atoms with van der Waals surface area (Å²) in [4.78, 5) is 15.3. The number of nitrogens with two attached hydrogens (primary N) is 1. The van der Waals surface area contributed by atoms with Gasteiger partial charge in [0.2, 0.25) is 0 Å². The number of hydrogen-bond acceptors (Lipinski definition) is 4. The van der Waals surface area contributed by atoms with Gasteiger partial charge in [0.1, 0.15) is 5.69 Å². The summed E-state index contributed by atoms with van der Waals surface area (Å²) in [7, 11) is 1.79. The van der Waals surface area contributed by atoms with E-state index in [0.717, 1.165) is 0 Å². The fourth-order valence-corrected chi connectivity index (χ4v) is 2.87. The number of carbonyl (C=O) groups excluding carboxylic acids is 1. The van der Waals surface area contributed by atoms with Gasteiger partial charge in [0, 0.05) is 18.5 Å². The molecule has 0 radical (unpaired) electrons. The van der Waals surface area contributed by atoms with Crippen LogP contribution in [0.1, 0.15) is 27.9 Å². The Morgan fingerprint density at radius 2 is 2.32 bits per heavy atom. The molecule has 0 aliphatic rings. The molecular weight excluding hydrogens is 260 g/mol. The average molecular weight is 278 g/mol. The van der Waals surface area contributed by atoms with Crippen LogP contribution in [-0.2, 0) is 13.1 Å². The number of nitrogen functional groups attached to an aromatic ring is 1. The van der Waals surface area contributed by atoms with Gasteiger partial charge in [-0.2, -0.15) is 5.10 Å². The zero-order valence-corrected chi connectivity index (χ0v) is 12.2. The van der Waals surface area contributed by atoms with E-state index >= 15 is 0 Å². The van der Waals surface area contributed by atoms with Crippen molar-refractivity contribution in [3.05, 3.63) is 33.8 Å². The topological polar surface area (TPSA) is 64.2 Å². The van der Waals surface area contributed by atoms with Crippen molar-refractivity contribution in [3.63, 3.8) is 0 Å². The number of amides is 1. The Kier molecular flexibility index (Phi) is 3.90. The Hall–Kier alpha value is -1.82. The molecule has 0 saturated carbocycles. The highest BCUT2D eigenvalue weighted by Gasteiger charge is 2.20. The maximum absolute atomic E-state index is 12.4. The van der Waals surface area contributed by atoms with Crippen LogP contribution in [0.5, 0.6) is 0 Å². The third kappa shape index (κ3) is 2.63. The molecule has 2 aromatic rings. The van der Waals surface area contributed by atoms with Crippen molar-refractivity contribution >= 4 is 22.9 Å². The van der Waals surface area contributed by atoms with Crippen molar-refractivity contribution in [3.8, 4) is 0 Å². The number of thiophene rings is 1. The molecule has 2 aromatic heterocycles. The molecule has 0 aliphatic carbocycles. The quantitative estimate of drug-likeness (QED) is 0.931. The van der Waals surface area contributed by atoms with Crippen molar-refractivity contribution in [2.45, 2.75) is 26.9 Å². The second-order valence-corrected chi connectivity index (χ2v) is 5.45. The first-order valence-corrected chi connectivity index (χ1v) is 7.02. The van der Waals surface area contributed by atoms with Gasteiger partial charge in [-0.25, -0.2) is 0 Å². The highest BCUT2D eigenvalue weighted by Crippen LogP contribution is 2.19. The minimum atomic E-state index is -0.0929. The van der Waals surface area contributed by atoms with Crippen LogP contribution in [0.25, 0.3) is 0 Å². The summed E-state index contributed by atoms with van der Waals surface area (Å²) in [5, 5.41) is 6.13. The lowest BCUT2D eigenvalue weighted by Gasteiger charge is -2.17. The zero-order valence-electron chi connectivity index (χ0n) is 11.4. The lowest BCUT2D eigenvalue weighted by atomic mass is 10.2. The van der Waals surface area contributed by atoms with Gasteiger partial charge in [-0.1, -0.05) is 0 Å². The Balaban J connectivity index is 2.19. The van der Waals surface area contributed by atoms with E-state index < -0.39 is 0 Å². The van der Waals surface area contributed by atoms with Gasteiger partial charge in [0.05, 0.1) is 18.4 Å². The van der Waals surface area contributed by atoms with Crippen LogP contribution < -0.4 is 5.73 Å². The summed E-state index contributed by atoms with van der Waals surface area (Å²) < 4.78 is 1.63. The minimum absolute atomic E-state index is 0.0929. The van der Waals surface area contributed by atoms with Gasteiger partial charge >= 0.3 is 0 Å². The molecular formula is C13H18N4OS. The van der Waals surface area contributed by atoms with Crippen LogP contribution in [0.2, 0.25) is 0 Å². The molecule has 0 aliphatic heterocycles. The second kappa shape index (κ2) is 5.44. The molecule has 0 atom stereocenters. The molecule has 2 rings (SSSR count). The normalized spacial score (nSPS) is 10.7. The molecule has 0 bridgehead atoms. The van der Waals surface area contributed by atoms with Crippen LogP contribution in [0.3, 0.4) is 0 Å². The molecule has 0 aromatic carbocycles. The molecule has 6 heteroatoms. The molecule has 102 valence electrons. The number of anilines is 1. The third-order valence-corrected chi connectivity index (χ3v) is 4.07. The van der Waals surface area contributed by atoms with Gasteiger partial charge in [0.25, 0.3) is 5.91 Å². The number of rotatable bonds is 4. The Morgan fingerprint density at radius 3 is 2.89 bits per heavy atom. The molecule has 1 amide bonds. The zero-order chi connectivity index (χ0) is 14.0. The minimum Gasteiger partial charge on any atom is -0.396 e. The Bertz CT molecular complexity index is 587. The van der Waals surface area contributed by atoms with Crippen LogP contribution >= 0.6 is 11.3 Å². The van der Waals surface area contributed by atoms with Crippen LogP contribution in [0.15, 0.2) is 17.6 Å². The number of aromatic nitrogens is 2. The van der Waals surface area contributed by atoms with Crippen molar-refractivity contribution < 1.29 is 4.79 Å². The molecule has 2 heterocycles. The Morgan fingerprint density at radius 1 is 1.58 bits per heavy atom. The van der Waals surface area contributed by atoms with Gasteiger partial charge in [-0.3, -0.25) is 9.48 Å². The highest BCUT2D eigenvalue weighted by molar-refractivity contribution is 7.10. The summed E-state index contributed by atoms with van der Waals surface area (Å²) in [5.41, 5.74) is 7.94. The van der Waals surface area contributed by atoms with Crippen LogP contribution in [-0.4, -0.2) is 27.6 Å². The van der Waals surface area contributed by atoms with Crippen molar-refractivity contribution in [1.29, 1.82) is 0 Å². The van der Waals surface area contributed by atoms with Gasteiger partial charge < -0.3 is 10.6 Å². The van der Waals surface area contributed by atoms with Gasteiger partial charge in [-0.15, -0.1) is 11.3 Å². The monoisotopic (exact) mass is 278 g/mol. The largest absolute Gasteiger partial charge is 0.396 e. The van der Waals surface area contributed by atoms with E-state index in [4.69, 9.17) is 5.73 Å². The number of nitrogens with zero attached hydrogens (tertiary/aromatic N) is 3. The molecule has 2 N–H and O–H groups in total. The SMILES string of the molecule is CCn1ncc(N)c1C(=O)N(C)Cc1sccc1C. The predicted octanol–water partition coefficient (Wildman–Crippen LogP) is 2.13. The van der Waals surface area contributed by atoms with E-state index in [1.807, 2.05) is 12.3 Å².